The third-order valence-corrected chi connectivity index (χ3v) is 8.69. The first kappa shape index (κ1) is 30.6. The average Bonchev–Trinajstić information content (AvgIpc) is 3.07. The van der Waals surface area contributed by atoms with Crippen LogP contribution in [0.5, 0.6) is 5.75 Å². The highest BCUT2D eigenvalue weighted by Crippen LogP contribution is 2.42. The van der Waals surface area contributed by atoms with Crippen LogP contribution in [0.15, 0.2) is 79.0 Å². The van der Waals surface area contributed by atoms with Crippen LogP contribution in [-0.4, -0.2) is 78.7 Å². The minimum Gasteiger partial charge on any atom is -0.494 e. The molecule has 1 unspecified atom stereocenters. The lowest BCUT2D eigenvalue weighted by Gasteiger charge is -2.32. The summed E-state index contributed by atoms with van der Waals surface area (Å²) in [6, 6.07) is 24.2. The highest BCUT2D eigenvalue weighted by atomic mass is 16.5. The molecule has 9 nitrogen and oxygen atoms in total. The first-order valence-corrected chi connectivity index (χ1v) is 16.0. The molecule has 234 valence electrons. The molecule has 1 aliphatic carbocycles. The number of hydrogen-bond acceptors (Lipinski definition) is 7. The van der Waals surface area contributed by atoms with Gasteiger partial charge in [-0.3, -0.25) is 0 Å². The molecule has 0 radical (unpaired) electrons. The molecule has 0 bridgehead atoms. The molecule has 2 aliphatic rings. The number of carbonyl (C=O) groups is 1. The molecular formula is C36H43N7O2. The number of nitrogens with zero attached hydrogens (tertiary/aromatic N) is 4. The molecule has 3 N–H and O–H groups in total. The molecule has 1 fully saturated rings. The predicted octanol–water partition coefficient (Wildman–Crippen LogP) is 5.60. The van der Waals surface area contributed by atoms with E-state index in [2.05, 4.69) is 74.2 Å². The lowest BCUT2D eigenvalue weighted by Crippen LogP contribution is -2.44. The maximum atomic E-state index is 12.7. The molecule has 2 amide bonds. The fraction of sp³-hybridized carbons (Fsp3) is 0.361. The first-order valence-electron chi connectivity index (χ1n) is 16.0. The fourth-order valence-electron chi connectivity index (χ4n) is 6.19. The molecule has 3 aromatic carbocycles. The summed E-state index contributed by atoms with van der Waals surface area (Å²) in [6.45, 7) is 9.44. The monoisotopic (exact) mass is 605 g/mol. The molecule has 45 heavy (non-hydrogen) atoms. The van der Waals surface area contributed by atoms with Crippen molar-refractivity contribution in [2.24, 2.45) is 0 Å². The summed E-state index contributed by atoms with van der Waals surface area (Å²) in [5, 5.41) is 9.35. The van der Waals surface area contributed by atoms with Crippen LogP contribution in [-0.2, 0) is 13.0 Å². The Bertz CT molecular complexity index is 1580. The molecule has 1 aromatic heterocycles. The number of carbonyl (C=O) groups excluding carboxylic acids is 1. The van der Waals surface area contributed by atoms with Gasteiger partial charge in [-0.1, -0.05) is 54.6 Å². The van der Waals surface area contributed by atoms with Crippen LogP contribution in [0.4, 0.5) is 16.4 Å². The van der Waals surface area contributed by atoms with Gasteiger partial charge in [0.25, 0.3) is 0 Å². The second kappa shape index (κ2) is 14.5. The van der Waals surface area contributed by atoms with Gasteiger partial charge in [0, 0.05) is 68.2 Å². The van der Waals surface area contributed by atoms with Gasteiger partial charge in [0.15, 0.2) is 0 Å². The van der Waals surface area contributed by atoms with Gasteiger partial charge in [0.2, 0.25) is 5.95 Å². The van der Waals surface area contributed by atoms with Crippen molar-refractivity contribution >= 4 is 17.7 Å². The van der Waals surface area contributed by atoms with Crippen LogP contribution in [0, 0.1) is 0 Å². The Morgan fingerprint density at radius 3 is 2.58 bits per heavy atom. The number of anilines is 2. The third-order valence-electron chi connectivity index (χ3n) is 8.69. The second-order valence-electron chi connectivity index (χ2n) is 11.8. The summed E-state index contributed by atoms with van der Waals surface area (Å²) >= 11 is 0. The topological polar surface area (TPSA) is 94.6 Å². The molecule has 1 atom stereocenters. The van der Waals surface area contributed by atoms with Gasteiger partial charge in [-0.05, 0) is 68.2 Å². The fourth-order valence-corrected chi connectivity index (χ4v) is 6.19. The number of likely N-dealkylation sites (N-methyl/N-ethyl adjacent to an activating group) is 1. The molecule has 0 spiro atoms. The van der Waals surface area contributed by atoms with Crippen molar-refractivity contribution in [1.82, 2.24) is 25.1 Å². The number of fused-ring (bicyclic) bond motifs is 3. The van der Waals surface area contributed by atoms with Gasteiger partial charge in [-0.25, -0.2) is 14.8 Å². The molecule has 1 aliphatic heterocycles. The largest absolute Gasteiger partial charge is 0.494 e. The van der Waals surface area contributed by atoms with E-state index in [0.29, 0.717) is 19.1 Å². The molecule has 2 heterocycles. The molecule has 1 saturated heterocycles. The summed E-state index contributed by atoms with van der Waals surface area (Å²) in [5.41, 5.74) is 7.45. The van der Waals surface area contributed by atoms with E-state index in [0.717, 1.165) is 85.9 Å². The van der Waals surface area contributed by atoms with Crippen molar-refractivity contribution in [2.45, 2.75) is 32.2 Å². The molecule has 0 saturated carbocycles. The van der Waals surface area contributed by atoms with Crippen molar-refractivity contribution in [3.8, 4) is 17.0 Å². The summed E-state index contributed by atoms with van der Waals surface area (Å²) in [5.74, 6) is 1.65. The van der Waals surface area contributed by atoms with Gasteiger partial charge in [-0.2, -0.15) is 0 Å². The highest BCUT2D eigenvalue weighted by molar-refractivity contribution is 5.89. The van der Waals surface area contributed by atoms with Gasteiger partial charge in [0.1, 0.15) is 5.75 Å². The molecule has 9 heteroatoms. The third kappa shape index (κ3) is 7.61. The Morgan fingerprint density at radius 1 is 0.978 bits per heavy atom. The standard InChI is InChI=1S/C36H43N7O2/c1-3-45-33-12-7-4-9-27(33)24-39-36(44)40-29-15-13-26(14-16-29)32-23-28-25-38-35(41-34(28)31-11-6-5-10-30(31)32)37-17-8-18-43-21-19-42(2)20-22-43/h4-7,9-16,25,32H,3,8,17-24H2,1-2H3,(H,37,38,41)(H2,39,40,44). The maximum absolute atomic E-state index is 12.7. The number of piperazine rings is 1. The van der Waals surface area contributed by atoms with Crippen LogP contribution < -0.4 is 20.7 Å². The number of urea groups is 1. The molecule has 4 aromatic rings. The smallest absolute Gasteiger partial charge is 0.319 e. The van der Waals surface area contributed by atoms with Gasteiger partial charge >= 0.3 is 6.03 Å². The van der Waals surface area contributed by atoms with Crippen molar-refractivity contribution in [1.29, 1.82) is 0 Å². The van der Waals surface area contributed by atoms with Gasteiger partial charge in [0.05, 0.1) is 12.3 Å². The lowest BCUT2D eigenvalue weighted by molar-refractivity contribution is 0.154. The number of hydrogen-bond donors (Lipinski definition) is 3. The minimum atomic E-state index is -0.258. The maximum Gasteiger partial charge on any atom is 0.319 e. The van der Waals surface area contributed by atoms with Gasteiger partial charge < -0.3 is 30.5 Å². The number of rotatable bonds is 11. The normalized spacial score (nSPS) is 16.4. The van der Waals surface area contributed by atoms with Crippen LogP contribution in [0.2, 0.25) is 0 Å². The SMILES string of the molecule is CCOc1ccccc1CNC(=O)Nc1ccc(C2Cc3cnc(NCCCN4CCN(C)CC4)nc3-c3ccccc32)cc1. The van der Waals surface area contributed by atoms with Crippen molar-refractivity contribution in [3.63, 3.8) is 0 Å². The van der Waals surface area contributed by atoms with E-state index in [1.165, 1.54) is 11.1 Å². The lowest BCUT2D eigenvalue weighted by atomic mass is 9.78. The Labute approximate surface area is 266 Å². The second-order valence-corrected chi connectivity index (χ2v) is 11.8. The number of aromatic nitrogens is 2. The minimum absolute atomic E-state index is 0.178. The van der Waals surface area contributed by atoms with Crippen LogP contribution in [0.3, 0.4) is 0 Å². The van der Waals surface area contributed by atoms with E-state index < -0.39 is 0 Å². The van der Waals surface area contributed by atoms with Crippen LogP contribution in [0.1, 0.15) is 41.5 Å². The summed E-state index contributed by atoms with van der Waals surface area (Å²) < 4.78 is 5.67. The number of nitrogens with one attached hydrogen (secondary N) is 3. The quantitative estimate of drug-likeness (QED) is 0.192. The van der Waals surface area contributed by atoms with E-state index in [1.54, 1.807) is 0 Å². The summed E-state index contributed by atoms with van der Waals surface area (Å²) in [4.78, 5) is 27.2. The van der Waals surface area contributed by atoms with Crippen molar-refractivity contribution in [3.05, 3.63) is 101 Å². The van der Waals surface area contributed by atoms with Gasteiger partial charge in [-0.15, -0.1) is 0 Å². The van der Waals surface area contributed by atoms with Crippen LogP contribution in [0.25, 0.3) is 11.3 Å². The Kier molecular flexibility index (Phi) is 9.87. The Hall–Kier alpha value is -4.47. The molecular weight excluding hydrogens is 562 g/mol. The zero-order chi connectivity index (χ0) is 31.0. The van der Waals surface area contributed by atoms with E-state index in [-0.39, 0.29) is 11.9 Å². The first-order chi connectivity index (χ1) is 22.1. The number of benzene rings is 3. The number of para-hydroxylation sites is 1. The van der Waals surface area contributed by atoms with E-state index >= 15 is 0 Å². The Morgan fingerprint density at radius 2 is 1.76 bits per heavy atom. The van der Waals surface area contributed by atoms with Crippen molar-refractivity contribution in [2.75, 3.05) is 63.6 Å². The van der Waals surface area contributed by atoms with E-state index in [9.17, 15) is 4.79 Å². The molecule has 6 rings (SSSR count). The number of ether oxygens (including phenoxy) is 1. The van der Waals surface area contributed by atoms with E-state index in [4.69, 9.17) is 9.72 Å². The summed E-state index contributed by atoms with van der Waals surface area (Å²) in [7, 11) is 2.19. The Balaban J connectivity index is 1.07. The van der Waals surface area contributed by atoms with E-state index in [1.807, 2.05) is 49.5 Å². The van der Waals surface area contributed by atoms with Crippen molar-refractivity contribution < 1.29 is 9.53 Å². The summed E-state index contributed by atoms with van der Waals surface area (Å²) in [6.07, 6.45) is 3.87. The average molecular weight is 606 g/mol. The zero-order valence-corrected chi connectivity index (χ0v) is 26.3. The number of amides is 2. The zero-order valence-electron chi connectivity index (χ0n) is 26.3. The van der Waals surface area contributed by atoms with Crippen LogP contribution >= 0.6 is 0 Å². The highest BCUT2D eigenvalue weighted by Gasteiger charge is 2.27. The predicted molar refractivity (Wildman–Crippen MR) is 180 cm³/mol.